The van der Waals surface area contributed by atoms with Crippen molar-refractivity contribution in [2.45, 2.75) is 24.5 Å². The molecule has 1 unspecified atom stereocenters. The third-order valence-electron chi connectivity index (χ3n) is 3.30. The average Bonchev–Trinajstić information content (AvgIpc) is 2.43. The second-order valence-corrected chi connectivity index (χ2v) is 6.90. The first-order valence-electron chi connectivity index (χ1n) is 5.80. The van der Waals surface area contributed by atoms with Gasteiger partial charge in [-0.2, -0.15) is 0 Å². The molecular formula is C10H18N2O3S. The fraction of sp³-hybridized carbons (Fsp3) is 0.900. The molecule has 1 N–H and O–H groups in total. The quantitative estimate of drug-likeness (QED) is 0.705. The second-order valence-electron chi connectivity index (χ2n) is 4.50. The van der Waals surface area contributed by atoms with E-state index in [1.165, 1.54) is 0 Å². The molecule has 0 spiro atoms. The van der Waals surface area contributed by atoms with Crippen molar-refractivity contribution >= 4 is 15.7 Å². The van der Waals surface area contributed by atoms with Gasteiger partial charge < -0.3 is 10.2 Å². The molecule has 0 aliphatic carbocycles. The lowest BCUT2D eigenvalue weighted by Crippen LogP contribution is -2.41. The average molecular weight is 246 g/mol. The Balaban J connectivity index is 2.00. The predicted octanol–water partition coefficient (Wildman–Crippen LogP) is -0.614. The first-order valence-corrected chi connectivity index (χ1v) is 7.51. The lowest BCUT2D eigenvalue weighted by Gasteiger charge is -2.23. The van der Waals surface area contributed by atoms with E-state index in [1.807, 2.05) is 0 Å². The highest BCUT2D eigenvalue weighted by molar-refractivity contribution is 7.92. The fourth-order valence-corrected chi connectivity index (χ4v) is 4.16. The molecule has 5 nitrogen and oxygen atoms in total. The molecule has 0 aromatic heterocycles. The highest BCUT2D eigenvalue weighted by Gasteiger charge is 2.33. The summed E-state index contributed by atoms with van der Waals surface area (Å²) in [6.45, 7) is 2.24. The van der Waals surface area contributed by atoms with Crippen LogP contribution in [-0.2, 0) is 14.6 Å². The molecule has 0 aromatic carbocycles. The van der Waals surface area contributed by atoms with Crippen molar-refractivity contribution in [1.29, 1.82) is 0 Å². The molecular weight excluding hydrogens is 228 g/mol. The minimum absolute atomic E-state index is 0.0274. The molecule has 0 aromatic rings. The molecule has 2 heterocycles. The molecule has 2 fully saturated rings. The summed E-state index contributed by atoms with van der Waals surface area (Å²) in [6, 6.07) is 0. The van der Waals surface area contributed by atoms with Gasteiger partial charge in [-0.3, -0.25) is 4.79 Å². The summed E-state index contributed by atoms with van der Waals surface area (Å²) >= 11 is 0. The summed E-state index contributed by atoms with van der Waals surface area (Å²) in [4.78, 5) is 13.4. The van der Waals surface area contributed by atoms with Crippen LogP contribution in [0.4, 0.5) is 0 Å². The van der Waals surface area contributed by atoms with Gasteiger partial charge in [0.05, 0.1) is 17.5 Å². The first-order chi connectivity index (χ1) is 7.59. The number of hydrogen-bond donors (Lipinski definition) is 1. The van der Waals surface area contributed by atoms with E-state index in [9.17, 15) is 13.2 Å². The van der Waals surface area contributed by atoms with Crippen LogP contribution in [0.25, 0.3) is 0 Å². The van der Waals surface area contributed by atoms with Crippen molar-refractivity contribution in [3.05, 3.63) is 0 Å². The van der Waals surface area contributed by atoms with Crippen LogP contribution in [0.2, 0.25) is 0 Å². The van der Waals surface area contributed by atoms with Gasteiger partial charge in [0.25, 0.3) is 0 Å². The minimum atomic E-state index is -2.94. The summed E-state index contributed by atoms with van der Waals surface area (Å²) < 4.78 is 23.3. The Labute approximate surface area is 96.1 Å². The molecule has 16 heavy (non-hydrogen) atoms. The summed E-state index contributed by atoms with van der Waals surface area (Å²) in [7, 11) is -2.94. The molecule has 0 bridgehead atoms. The number of nitrogens with zero attached hydrogens (tertiary/aromatic N) is 1. The topological polar surface area (TPSA) is 66.5 Å². The van der Waals surface area contributed by atoms with E-state index in [4.69, 9.17) is 0 Å². The van der Waals surface area contributed by atoms with Crippen LogP contribution in [0.3, 0.4) is 0 Å². The largest absolute Gasteiger partial charge is 0.340 e. The van der Waals surface area contributed by atoms with Gasteiger partial charge in [0.15, 0.2) is 9.84 Å². The highest BCUT2D eigenvalue weighted by atomic mass is 32.2. The van der Waals surface area contributed by atoms with Gasteiger partial charge in [-0.25, -0.2) is 8.42 Å². The Hall–Kier alpha value is -0.620. The van der Waals surface area contributed by atoms with Crippen LogP contribution in [0, 0.1) is 0 Å². The van der Waals surface area contributed by atoms with E-state index in [-0.39, 0.29) is 16.9 Å². The number of sulfone groups is 1. The van der Waals surface area contributed by atoms with E-state index in [0.717, 1.165) is 19.4 Å². The van der Waals surface area contributed by atoms with Crippen molar-refractivity contribution in [1.82, 2.24) is 10.2 Å². The Morgan fingerprint density at radius 3 is 2.88 bits per heavy atom. The van der Waals surface area contributed by atoms with Crippen molar-refractivity contribution in [2.24, 2.45) is 0 Å². The molecule has 2 saturated heterocycles. The van der Waals surface area contributed by atoms with Crippen LogP contribution in [0.1, 0.15) is 19.3 Å². The predicted molar refractivity (Wildman–Crippen MR) is 60.9 cm³/mol. The lowest BCUT2D eigenvalue weighted by atomic mass is 10.2. The molecule has 2 aliphatic heterocycles. The lowest BCUT2D eigenvalue weighted by molar-refractivity contribution is -0.129. The van der Waals surface area contributed by atoms with Crippen LogP contribution in [0.5, 0.6) is 0 Å². The maximum absolute atomic E-state index is 11.7. The first kappa shape index (κ1) is 11.9. The van der Waals surface area contributed by atoms with E-state index in [1.54, 1.807) is 4.90 Å². The zero-order valence-electron chi connectivity index (χ0n) is 9.31. The second kappa shape index (κ2) is 4.71. The monoisotopic (exact) mass is 246 g/mol. The standard InChI is InChI=1S/C10H18N2O3S/c13-10-7-11-4-2-5-12(10)8-9-3-1-6-16(9,14)15/h9,11H,1-8H2. The van der Waals surface area contributed by atoms with Crippen LogP contribution < -0.4 is 5.32 Å². The SMILES string of the molecule is O=C1CNCCCN1CC1CCCS1(=O)=O. The number of rotatable bonds is 2. The van der Waals surface area contributed by atoms with Crippen LogP contribution in [-0.4, -0.2) is 56.4 Å². The van der Waals surface area contributed by atoms with Crippen LogP contribution in [0.15, 0.2) is 0 Å². The summed E-state index contributed by atoms with van der Waals surface area (Å²) in [5.74, 6) is 0.317. The molecule has 1 atom stereocenters. The van der Waals surface area contributed by atoms with Gasteiger partial charge >= 0.3 is 0 Å². The van der Waals surface area contributed by atoms with E-state index in [2.05, 4.69) is 5.32 Å². The van der Waals surface area contributed by atoms with Gasteiger partial charge in [0.1, 0.15) is 0 Å². The molecule has 2 aliphatic rings. The summed E-state index contributed by atoms with van der Waals surface area (Å²) in [5, 5.41) is 2.71. The molecule has 0 radical (unpaired) electrons. The highest BCUT2D eigenvalue weighted by Crippen LogP contribution is 2.21. The Kier molecular flexibility index (Phi) is 3.49. The molecule has 92 valence electrons. The summed E-state index contributed by atoms with van der Waals surface area (Å²) in [6.07, 6.45) is 2.35. The van der Waals surface area contributed by atoms with Crippen molar-refractivity contribution in [2.75, 3.05) is 31.9 Å². The number of nitrogens with one attached hydrogen (secondary N) is 1. The molecule has 0 saturated carbocycles. The van der Waals surface area contributed by atoms with Crippen molar-refractivity contribution in [3.63, 3.8) is 0 Å². The molecule has 1 amide bonds. The van der Waals surface area contributed by atoms with Crippen LogP contribution >= 0.6 is 0 Å². The number of hydrogen-bond acceptors (Lipinski definition) is 4. The number of amides is 1. The van der Waals surface area contributed by atoms with Crippen molar-refractivity contribution in [3.8, 4) is 0 Å². The maximum atomic E-state index is 11.7. The van der Waals surface area contributed by atoms with Gasteiger partial charge in [-0.1, -0.05) is 0 Å². The fourth-order valence-electron chi connectivity index (χ4n) is 2.33. The maximum Gasteiger partial charge on any atom is 0.236 e. The third kappa shape index (κ3) is 2.55. The third-order valence-corrected chi connectivity index (χ3v) is 5.56. The Bertz CT molecular complexity index is 366. The van der Waals surface area contributed by atoms with Crippen molar-refractivity contribution < 1.29 is 13.2 Å². The summed E-state index contributed by atoms with van der Waals surface area (Å²) in [5.41, 5.74) is 0. The Morgan fingerprint density at radius 2 is 2.19 bits per heavy atom. The van der Waals surface area contributed by atoms with Gasteiger partial charge in [-0.15, -0.1) is 0 Å². The Morgan fingerprint density at radius 1 is 1.38 bits per heavy atom. The number of carbonyl (C=O) groups excluding carboxylic acids is 1. The molecule has 2 rings (SSSR count). The normalized spacial score (nSPS) is 30.4. The van der Waals surface area contributed by atoms with Gasteiger partial charge in [0, 0.05) is 13.1 Å². The van der Waals surface area contributed by atoms with E-state index in [0.29, 0.717) is 26.1 Å². The van der Waals surface area contributed by atoms with Gasteiger partial charge in [0.2, 0.25) is 5.91 Å². The zero-order valence-corrected chi connectivity index (χ0v) is 10.1. The molecule has 6 heteroatoms. The zero-order chi connectivity index (χ0) is 11.6. The van der Waals surface area contributed by atoms with E-state index >= 15 is 0 Å². The van der Waals surface area contributed by atoms with E-state index < -0.39 is 9.84 Å². The van der Waals surface area contributed by atoms with Gasteiger partial charge in [-0.05, 0) is 25.8 Å². The minimum Gasteiger partial charge on any atom is -0.340 e. The number of carbonyl (C=O) groups is 1. The smallest absolute Gasteiger partial charge is 0.236 e.